The summed E-state index contributed by atoms with van der Waals surface area (Å²) in [6.07, 6.45) is 5.99. The summed E-state index contributed by atoms with van der Waals surface area (Å²) in [5, 5.41) is 9.98. The Labute approximate surface area is 131 Å². The maximum absolute atomic E-state index is 9.98. The zero-order chi connectivity index (χ0) is 15.6. The number of rotatable bonds is 4. The van der Waals surface area contributed by atoms with Crippen molar-refractivity contribution in [1.29, 1.82) is 0 Å². The number of aliphatic hydroxyl groups is 1. The van der Waals surface area contributed by atoms with Gasteiger partial charge < -0.3 is 10.8 Å². The minimum absolute atomic E-state index is 0.107. The molecular formula is C18H36N2O. The van der Waals surface area contributed by atoms with Crippen LogP contribution in [-0.2, 0) is 0 Å². The van der Waals surface area contributed by atoms with E-state index in [1.165, 1.54) is 25.7 Å². The molecule has 0 bridgehead atoms. The number of hydrogen-bond donors (Lipinski definition) is 2. The Morgan fingerprint density at radius 3 is 2.52 bits per heavy atom. The fourth-order valence-corrected chi connectivity index (χ4v) is 4.40. The second-order valence-corrected chi connectivity index (χ2v) is 8.24. The van der Waals surface area contributed by atoms with E-state index >= 15 is 0 Å². The maximum atomic E-state index is 9.98. The molecule has 124 valence electrons. The van der Waals surface area contributed by atoms with E-state index in [1.54, 1.807) is 0 Å². The van der Waals surface area contributed by atoms with Crippen LogP contribution in [0.25, 0.3) is 0 Å². The van der Waals surface area contributed by atoms with Crippen LogP contribution < -0.4 is 5.73 Å². The first-order valence-corrected chi connectivity index (χ1v) is 9.01. The first-order chi connectivity index (χ1) is 9.89. The molecule has 1 heterocycles. The number of aliphatic hydroxyl groups excluding tert-OH is 1. The summed E-state index contributed by atoms with van der Waals surface area (Å²) in [5.74, 6) is 1.87. The zero-order valence-corrected chi connectivity index (χ0v) is 14.5. The van der Waals surface area contributed by atoms with Gasteiger partial charge in [-0.1, -0.05) is 34.1 Å². The van der Waals surface area contributed by atoms with E-state index in [1.807, 2.05) is 0 Å². The van der Waals surface area contributed by atoms with Crippen LogP contribution in [0.2, 0.25) is 0 Å². The van der Waals surface area contributed by atoms with Crippen molar-refractivity contribution in [2.24, 2.45) is 28.9 Å². The van der Waals surface area contributed by atoms with Crippen molar-refractivity contribution in [2.75, 3.05) is 19.6 Å². The van der Waals surface area contributed by atoms with Gasteiger partial charge in [-0.2, -0.15) is 0 Å². The molecule has 0 aromatic carbocycles. The van der Waals surface area contributed by atoms with Crippen molar-refractivity contribution in [3.8, 4) is 0 Å². The predicted octanol–water partition coefficient (Wildman–Crippen LogP) is 2.87. The smallest absolute Gasteiger partial charge is 0.0590 e. The third-order valence-corrected chi connectivity index (χ3v) is 6.64. The van der Waals surface area contributed by atoms with Gasteiger partial charge in [0.2, 0.25) is 0 Å². The van der Waals surface area contributed by atoms with Crippen LogP contribution in [-0.4, -0.2) is 41.8 Å². The number of hydrogen-bond acceptors (Lipinski definition) is 3. The lowest BCUT2D eigenvalue weighted by Crippen LogP contribution is -2.53. The normalized spacial score (nSPS) is 39.4. The molecule has 21 heavy (non-hydrogen) atoms. The summed E-state index contributed by atoms with van der Waals surface area (Å²) in [6.45, 7) is 12.3. The minimum Gasteiger partial charge on any atom is -0.393 e. The third kappa shape index (κ3) is 3.80. The molecule has 2 rings (SSSR count). The molecule has 3 N–H and O–H groups in total. The average molecular weight is 296 g/mol. The molecular weight excluding hydrogens is 260 g/mol. The summed E-state index contributed by atoms with van der Waals surface area (Å²) in [5.41, 5.74) is 6.52. The Kier molecular flexibility index (Phi) is 5.72. The van der Waals surface area contributed by atoms with Crippen LogP contribution in [0.3, 0.4) is 0 Å². The van der Waals surface area contributed by atoms with Crippen LogP contribution in [0.15, 0.2) is 0 Å². The van der Waals surface area contributed by atoms with Gasteiger partial charge in [-0.15, -0.1) is 0 Å². The van der Waals surface area contributed by atoms with Gasteiger partial charge in [0.15, 0.2) is 0 Å². The Morgan fingerprint density at radius 2 is 1.95 bits per heavy atom. The molecule has 0 amide bonds. The Bertz CT molecular complexity index is 331. The van der Waals surface area contributed by atoms with Crippen molar-refractivity contribution in [2.45, 2.75) is 71.9 Å². The Hall–Kier alpha value is -0.120. The summed E-state index contributed by atoms with van der Waals surface area (Å²) in [6, 6.07) is 0.634. The van der Waals surface area contributed by atoms with Crippen LogP contribution >= 0.6 is 0 Å². The lowest BCUT2D eigenvalue weighted by Gasteiger charge is -2.49. The van der Waals surface area contributed by atoms with E-state index in [0.29, 0.717) is 23.3 Å². The van der Waals surface area contributed by atoms with Gasteiger partial charge in [-0.05, 0) is 55.4 Å². The fraction of sp³-hybridized carbons (Fsp3) is 1.00. The number of nitrogens with zero attached hydrogens (tertiary/aromatic N) is 1. The standard InChI is InChI=1S/C18H36N2O/c1-5-18(3,4)15-7-6-14(11-19)16(10-15)20-9-8-17(21)13(2)12-20/h13-17,21H,5-12,19H2,1-4H3. The van der Waals surface area contributed by atoms with Gasteiger partial charge in [-0.25, -0.2) is 0 Å². The molecule has 0 spiro atoms. The lowest BCUT2D eigenvalue weighted by atomic mass is 9.65. The van der Waals surface area contributed by atoms with Gasteiger partial charge in [0.05, 0.1) is 6.10 Å². The van der Waals surface area contributed by atoms with E-state index in [2.05, 4.69) is 32.6 Å². The first-order valence-electron chi connectivity index (χ1n) is 9.01. The van der Waals surface area contributed by atoms with Crippen molar-refractivity contribution >= 4 is 0 Å². The molecule has 0 radical (unpaired) electrons. The van der Waals surface area contributed by atoms with Crippen molar-refractivity contribution in [3.63, 3.8) is 0 Å². The predicted molar refractivity (Wildman–Crippen MR) is 89.1 cm³/mol. The van der Waals surface area contributed by atoms with E-state index in [-0.39, 0.29) is 6.10 Å². The molecule has 0 aromatic rings. The molecule has 1 saturated carbocycles. The summed E-state index contributed by atoms with van der Waals surface area (Å²) < 4.78 is 0. The molecule has 1 saturated heterocycles. The number of piperidine rings is 1. The zero-order valence-electron chi connectivity index (χ0n) is 14.5. The molecule has 0 aromatic heterocycles. The number of likely N-dealkylation sites (tertiary alicyclic amines) is 1. The van der Waals surface area contributed by atoms with E-state index in [9.17, 15) is 5.11 Å². The average Bonchev–Trinajstić information content (AvgIpc) is 2.49. The Morgan fingerprint density at radius 1 is 1.24 bits per heavy atom. The van der Waals surface area contributed by atoms with E-state index in [4.69, 9.17) is 5.73 Å². The van der Waals surface area contributed by atoms with Crippen LogP contribution in [0.1, 0.15) is 59.8 Å². The highest BCUT2D eigenvalue weighted by atomic mass is 16.3. The molecule has 1 aliphatic carbocycles. The quantitative estimate of drug-likeness (QED) is 0.838. The van der Waals surface area contributed by atoms with Crippen molar-refractivity contribution < 1.29 is 5.11 Å². The topological polar surface area (TPSA) is 49.5 Å². The van der Waals surface area contributed by atoms with Crippen molar-refractivity contribution in [3.05, 3.63) is 0 Å². The monoisotopic (exact) mass is 296 g/mol. The van der Waals surface area contributed by atoms with Gasteiger partial charge in [0, 0.05) is 19.1 Å². The highest BCUT2D eigenvalue weighted by molar-refractivity contribution is 4.94. The molecule has 5 unspecified atom stereocenters. The molecule has 2 aliphatic rings. The summed E-state index contributed by atoms with van der Waals surface area (Å²) in [4.78, 5) is 2.65. The van der Waals surface area contributed by atoms with Gasteiger partial charge in [0.1, 0.15) is 0 Å². The van der Waals surface area contributed by atoms with Gasteiger partial charge in [0.25, 0.3) is 0 Å². The molecule has 2 fully saturated rings. The second kappa shape index (κ2) is 6.97. The van der Waals surface area contributed by atoms with Gasteiger partial charge in [-0.3, -0.25) is 4.90 Å². The second-order valence-electron chi connectivity index (χ2n) is 8.24. The first kappa shape index (κ1) is 17.2. The molecule has 3 nitrogen and oxygen atoms in total. The van der Waals surface area contributed by atoms with Crippen LogP contribution in [0.5, 0.6) is 0 Å². The fourth-order valence-electron chi connectivity index (χ4n) is 4.40. The van der Waals surface area contributed by atoms with E-state index in [0.717, 1.165) is 32.0 Å². The van der Waals surface area contributed by atoms with E-state index < -0.39 is 0 Å². The third-order valence-electron chi connectivity index (χ3n) is 6.64. The van der Waals surface area contributed by atoms with Gasteiger partial charge >= 0.3 is 0 Å². The van der Waals surface area contributed by atoms with Crippen LogP contribution in [0.4, 0.5) is 0 Å². The number of nitrogens with two attached hydrogens (primary N) is 1. The molecule has 3 heteroatoms. The maximum Gasteiger partial charge on any atom is 0.0590 e. The molecule has 1 aliphatic heterocycles. The summed E-state index contributed by atoms with van der Waals surface area (Å²) in [7, 11) is 0. The van der Waals surface area contributed by atoms with Crippen molar-refractivity contribution in [1.82, 2.24) is 4.90 Å². The minimum atomic E-state index is -0.107. The highest BCUT2D eigenvalue weighted by Crippen LogP contribution is 2.44. The SMILES string of the molecule is CCC(C)(C)C1CCC(CN)C(N2CCC(O)C(C)C2)C1. The molecule has 5 atom stereocenters. The Balaban J connectivity index is 2.06. The highest BCUT2D eigenvalue weighted by Gasteiger charge is 2.40. The summed E-state index contributed by atoms with van der Waals surface area (Å²) >= 11 is 0. The lowest BCUT2D eigenvalue weighted by molar-refractivity contribution is -0.0229. The van der Waals surface area contributed by atoms with Crippen LogP contribution in [0, 0.1) is 23.2 Å². The largest absolute Gasteiger partial charge is 0.393 e.